The van der Waals surface area contributed by atoms with Crippen molar-refractivity contribution in [2.24, 2.45) is 5.92 Å². The molecular formula is C19H25N3O2. The number of nitrogens with one attached hydrogen (secondary N) is 2. The van der Waals surface area contributed by atoms with Crippen LogP contribution in [0.15, 0.2) is 53.1 Å². The van der Waals surface area contributed by atoms with E-state index in [2.05, 4.69) is 45.9 Å². The van der Waals surface area contributed by atoms with Crippen molar-refractivity contribution in [3.63, 3.8) is 0 Å². The van der Waals surface area contributed by atoms with Crippen LogP contribution in [-0.4, -0.2) is 37.1 Å². The van der Waals surface area contributed by atoms with E-state index in [9.17, 15) is 4.79 Å². The van der Waals surface area contributed by atoms with E-state index >= 15 is 0 Å². The second-order valence-corrected chi connectivity index (χ2v) is 6.33. The van der Waals surface area contributed by atoms with Gasteiger partial charge in [0.05, 0.1) is 12.8 Å². The smallest absolute Gasteiger partial charge is 0.315 e. The van der Waals surface area contributed by atoms with Crippen molar-refractivity contribution < 1.29 is 9.21 Å². The van der Waals surface area contributed by atoms with E-state index in [1.165, 1.54) is 5.56 Å². The fourth-order valence-corrected chi connectivity index (χ4v) is 3.09. The molecule has 1 aromatic carbocycles. The van der Waals surface area contributed by atoms with Gasteiger partial charge in [-0.3, -0.25) is 0 Å². The van der Waals surface area contributed by atoms with Crippen LogP contribution in [0.3, 0.4) is 0 Å². The molecule has 2 heterocycles. The maximum atomic E-state index is 11.8. The number of carbonyl (C=O) groups is 1. The highest BCUT2D eigenvalue weighted by molar-refractivity contribution is 5.73. The molecule has 0 spiro atoms. The normalized spacial score (nSPS) is 17.8. The largest absolute Gasteiger partial charge is 0.467 e. The number of benzene rings is 1. The Bertz CT molecular complexity index is 613. The Kier molecular flexibility index (Phi) is 5.90. The van der Waals surface area contributed by atoms with Crippen LogP contribution in [0.2, 0.25) is 0 Å². The lowest BCUT2D eigenvalue weighted by Crippen LogP contribution is -2.38. The molecule has 2 amide bonds. The molecule has 0 aliphatic carbocycles. The number of urea groups is 1. The molecule has 1 aliphatic rings. The standard InChI is InChI=1S/C19H25N3O2/c23-19(21-14-18-7-4-12-24-18)20-13-17-9-11-22(15-17)10-8-16-5-2-1-3-6-16/h1-7,12,17H,8-11,13-15H2,(H2,20,21,23)/t17-/m0/s1. The van der Waals surface area contributed by atoms with Crippen molar-refractivity contribution in [2.45, 2.75) is 19.4 Å². The van der Waals surface area contributed by atoms with Crippen molar-refractivity contribution in [1.82, 2.24) is 15.5 Å². The van der Waals surface area contributed by atoms with Gasteiger partial charge in [-0.15, -0.1) is 0 Å². The molecule has 128 valence electrons. The Morgan fingerprint density at radius 1 is 1.17 bits per heavy atom. The molecule has 3 rings (SSSR count). The second-order valence-electron chi connectivity index (χ2n) is 6.33. The third-order valence-corrected chi connectivity index (χ3v) is 4.48. The van der Waals surface area contributed by atoms with E-state index in [-0.39, 0.29) is 6.03 Å². The summed E-state index contributed by atoms with van der Waals surface area (Å²) < 4.78 is 5.19. The molecule has 1 aromatic heterocycles. The van der Waals surface area contributed by atoms with Crippen molar-refractivity contribution in [1.29, 1.82) is 0 Å². The van der Waals surface area contributed by atoms with Crippen LogP contribution in [0.25, 0.3) is 0 Å². The minimum Gasteiger partial charge on any atom is -0.467 e. The summed E-state index contributed by atoms with van der Waals surface area (Å²) in [6.45, 7) is 4.42. The topological polar surface area (TPSA) is 57.5 Å². The SMILES string of the molecule is O=C(NCc1ccco1)NC[C@@H]1CCN(CCc2ccccc2)C1. The summed E-state index contributed by atoms with van der Waals surface area (Å²) in [5, 5.41) is 5.77. The summed E-state index contributed by atoms with van der Waals surface area (Å²) in [5.41, 5.74) is 1.39. The third kappa shape index (κ3) is 5.13. The Hall–Kier alpha value is -2.27. The van der Waals surface area contributed by atoms with Gasteiger partial charge in [0.15, 0.2) is 0 Å². The molecule has 0 unspecified atom stereocenters. The molecule has 24 heavy (non-hydrogen) atoms. The van der Waals surface area contributed by atoms with Gasteiger partial charge in [0, 0.05) is 19.6 Å². The Morgan fingerprint density at radius 3 is 2.83 bits per heavy atom. The molecule has 2 N–H and O–H groups in total. The second kappa shape index (κ2) is 8.55. The zero-order chi connectivity index (χ0) is 16.6. The van der Waals surface area contributed by atoms with Gasteiger partial charge in [-0.1, -0.05) is 30.3 Å². The Morgan fingerprint density at radius 2 is 2.04 bits per heavy atom. The highest BCUT2D eigenvalue weighted by atomic mass is 16.3. The van der Waals surface area contributed by atoms with Gasteiger partial charge in [-0.05, 0) is 43.0 Å². The van der Waals surface area contributed by atoms with E-state index in [0.717, 1.165) is 44.8 Å². The fourth-order valence-electron chi connectivity index (χ4n) is 3.09. The fraction of sp³-hybridized carbons (Fsp3) is 0.421. The van der Waals surface area contributed by atoms with Crippen LogP contribution in [0, 0.1) is 5.92 Å². The van der Waals surface area contributed by atoms with E-state index in [4.69, 9.17) is 4.42 Å². The van der Waals surface area contributed by atoms with E-state index < -0.39 is 0 Å². The minimum atomic E-state index is -0.130. The first-order valence-electron chi connectivity index (χ1n) is 8.60. The van der Waals surface area contributed by atoms with Crippen molar-refractivity contribution >= 4 is 6.03 Å². The quantitative estimate of drug-likeness (QED) is 0.822. The van der Waals surface area contributed by atoms with E-state index in [1.54, 1.807) is 6.26 Å². The molecule has 1 aliphatic heterocycles. The van der Waals surface area contributed by atoms with Crippen LogP contribution in [-0.2, 0) is 13.0 Å². The van der Waals surface area contributed by atoms with Crippen LogP contribution >= 0.6 is 0 Å². The van der Waals surface area contributed by atoms with E-state index in [1.807, 2.05) is 12.1 Å². The predicted octanol–water partition coefficient (Wildman–Crippen LogP) is 2.64. The zero-order valence-electron chi connectivity index (χ0n) is 13.9. The van der Waals surface area contributed by atoms with Gasteiger partial charge < -0.3 is 20.0 Å². The highest BCUT2D eigenvalue weighted by Gasteiger charge is 2.22. The van der Waals surface area contributed by atoms with E-state index in [0.29, 0.717) is 12.5 Å². The summed E-state index contributed by atoms with van der Waals surface area (Å²) in [7, 11) is 0. The van der Waals surface area contributed by atoms with Crippen LogP contribution < -0.4 is 10.6 Å². The van der Waals surface area contributed by atoms with Crippen LogP contribution in [0.1, 0.15) is 17.7 Å². The molecule has 2 aromatic rings. The van der Waals surface area contributed by atoms with Crippen LogP contribution in [0.4, 0.5) is 4.79 Å². The summed E-state index contributed by atoms with van der Waals surface area (Å²) in [5.74, 6) is 1.30. The first-order chi connectivity index (χ1) is 11.8. The maximum Gasteiger partial charge on any atom is 0.315 e. The molecule has 1 atom stereocenters. The monoisotopic (exact) mass is 327 g/mol. The lowest BCUT2D eigenvalue weighted by Gasteiger charge is -2.16. The number of furan rings is 1. The number of likely N-dealkylation sites (tertiary alicyclic amines) is 1. The average molecular weight is 327 g/mol. The minimum absolute atomic E-state index is 0.130. The number of hydrogen-bond acceptors (Lipinski definition) is 3. The lowest BCUT2D eigenvalue weighted by atomic mass is 10.1. The summed E-state index contributed by atoms with van der Waals surface area (Å²) in [6, 6.07) is 14.1. The highest BCUT2D eigenvalue weighted by Crippen LogP contribution is 2.16. The number of rotatable bonds is 7. The van der Waals surface area contributed by atoms with Gasteiger partial charge in [0.1, 0.15) is 5.76 Å². The van der Waals surface area contributed by atoms with Gasteiger partial charge in [-0.25, -0.2) is 4.79 Å². The molecule has 0 saturated carbocycles. The molecule has 1 fully saturated rings. The zero-order valence-corrected chi connectivity index (χ0v) is 13.9. The van der Waals surface area contributed by atoms with Gasteiger partial charge in [-0.2, -0.15) is 0 Å². The summed E-state index contributed by atoms with van der Waals surface area (Å²) in [4.78, 5) is 14.3. The van der Waals surface area contributed by atoms with Crippen LogP contribution in [0.5, 0.6) is 0 Å². The molecule has 0 radical (unpaired) electrons. The lowest BCUT2D eigenvalue weighted by molar-refractivity contribution is 0.237. The molecule has 5 nitrogen and oxygen atoms in total. The third-order valence-electron chi connectivity index (χ3n) is 4.48. The Labute approximate surface area is 143 Å². The first kappa shape index (κ1) is 16.6. The Balaban J connectivity index is 1.30. The first-order valence-corrected chi connectivity index (χ1v) is 8.60. The molecule has 1 saturated heterocycles. The van der Waals surface area contributed by atoms with Crippen molar-refractivity contribution in [2.75, 3.05) is 26.2 Å². The number of carbonyl (C=O) groups excluding carboxylic acids is 1. The van der Waals surface area contributed by atoms with Gasteiger partial charge >= 0.3 is 6.03 Å². The van der Waals surface area contributed by atoms with Gasteiger partial charge in [0.25, 0.3) is 0 Å². The summed E-state index contributed by atoms with van der Waals surface area (Å²) in [6.07, 6.45) is 3.84. The molecular weight excluding hydrogens is 302 g/mol. The van der Waals surface area contributed by atoms with Crippen molar-refractivity contribution in [3.05, 3.63) is 60.1 Å². The molecule has 5 heteroatoms. The number of nitrogens with zero attached hydrogens (tertiary/aromatic N) is 1. The summed E-state index contributed by atoms with van der Waals surface area (Å²) >= 11 is 0. The molecule has 0 bridgehead atoms. The number of amides is 2. The van der Waals surface area contributed by atoms with Crippen molar-refractivity contribution in [3.8, 4) is 0 Å². The number of hydrogen-bond donors (Lipinski definition) is 2. The average Bonchev–Trinajstić information content (AvgIpc) is 3.29. The predicted molar refractivity (Wildman–Crippen MR) is 93.6 cm³/mol. The maximum absolute atomic E-state index is 11.8. The van der Waals surface area contributed by atoms with Gasteiger partial charge in [0.2, 0.25) is 0 Å².